The van der Waals surface area contributed by atoms with E-state index in [4.69, 9.17) is 0 Å². The molecule has 10 aromatic heterocycles. The Labute approximate surface area is 611 Å². The van der Waals surface area contributed by atoms with Crippen molar-refractivity contribution in [1.29, 1.82) is 0 Å². The minimum Gasteiger partial charge on any atom is -0.356 e. The minimum atomic E-state index is -0.650. The third kappa shape index (κ3) is 18.7. The van der Waals surface area contributed by atoms with E-state index < -0.39 is 65.0 Å². The van der Waals surface area contributed by atoms with Crippen molar-refractivity contribution < 1.29 is 62.4 Å². The average Bonchev–Trinajstić information content (AvgIpc) is 1.96. The molecule has 0 radical (unpaired) electrons. The Morgan fingerprint density at radius 2 is 0.617 bits per heavy atom. The largest absolute Gasteiger partial charge is 0.356 e. The number of aryl methyl sites for hydroxylation is 10. The van der Waals surface area contributed by atoms with Crippen LogP contribution in [0.25, 0.3) is 0 Å². The number of rotatable bonds is 30. The highest BCUT2D eigenvalue weighted by Gasteiger charge is 2.26. The van der Waals surface area contributed by atoms with Gasteiger partial charge in [-0.2, -0.15) is 0 Å². The Bertz CT molecular complexity index is 5120. The highest BCUT2D eigenvalue weighted by atomic mass is 16.2. The van der Waals surface area contributed by atoms with E-state index >= 15 is 0 Å². The van der Waals surface area contributed by atoms with Crippen molar-refractivity contribution in [3.8, 4) is 0 Å². The summed E-state index contributed by atoms with van der Waals surface area (Å²) >= 11 is 0. The first kappa shape index (κ1) is 75.8. The van der Waals surface area contributed by atoms with Crippen LogP contribution in [0.15, 0.2) is 111 Å². The fourth-order valence-corrected chi connectivity index (χ4v) is 11.5. The summed E-state index contributed by atoms with van der Waals surface area (Å²) in [5, 5.41) is 33.0. The van der Waals surface area contributed by atoms with E-state index in [1.165, 1.54) is 126 Å². The van der Waals surface area contributed by atoms with Crippen molar-refractivity contribution in [2.45, 2.75) is 25.7 Å². The highest BCUT2D eigenvalue weighted by molar-refractivity contribution is 6.11. The second-order valence-corrected chi connectivity index (χ2v) is 25.8. The summed E-state index contributed by atoms with van der Waals surface area (Å²) in [6.45, 7) is 1.71. The number of imidazole rings is 3. The molecule has 10 heterocycles. The van der Waals surface area contributed by atoms with E-state index in [2.05, 4.69) is 78.8 Å². The van der Waals surface area contributed by atoms with E-state index in [-0.39, 0.29) is 124 Å². The first-order valence-corrected chi connectivity index (χ1v) is 33.5. The molecule has 0 saturated carbocycles. The molecule has 0 bridgehead atoms. The maximum Gasteiger partial charge on any atom is 0.292 e. The van der Waals surface area contributed by atoms with E-state index in [0.717, 1.165) is 13.0 Å². The molecule has 107 heavy (non-hydrogen) atoms. The Morgan fingerprint density at radius 1 is 0.308 bits per heavy atom. The monoisotopic (exact) mass is 1470 g/mol. The molecule has 12 amide bonds. The van der Waals surface area contributed by atoms with Crippen LogP contribution in [-0.2, 0) is 80.1 Å². The fraction of sp³-hybridized carbons (Fsp3) is 0.290. The van der Waals surface area contributed by atoms with Gasteiger partial charge in [-0.1, -0.05) is 0 Å². The quantitative estimate of drug-likeness (QED) is 0.0287. The number of amides is 12. The van der Waals surface area contributed by atoms with Gasteiger partial charge in [0.05, 0.1) is 60.5 Å². The summed E-state index contributed by atoms with van der Waals surface area (Å²) in [6, 6.07) is 10.3. The summed E-state index contributed by atoms with van der Waals surface area (Å²) in [7, 11) is 20.2. The number of carbonyl (C=O) groups excluding carboxylic acids is 12. The lowest BCUT2D eigenvalue weighted by atomic mass is 10.3. The number of nitrogens with one attached hydrogen (secondary N) is 13. The Hall–Kier alpha value is -13.8. The second-order valence-electron chi connectivity index (χ2n) is 25.8. The summed E-state index contributed by atoms with van der Waals surface area (Å²) in [4.78, 5) is 172. The zero-order valence-corrected chi connectivity index (χ0v) is 60.8. The normalized spacial score (nSPS) is 11.1. The van der Waals surface area contributed by atoms with Crippen molar-refractivity contribution in [3.63, 3.8) is 0 Å². The molecular weight excluding hydrogens is 1380 g/mol. The number of anilines is 9. The lowest BCUT2D eigenvalue weighted by Crippen LogP contribution is -3.05. The highest BCUT2D eigenvalue weighted by Crippen LogP contribution is 2.25. The second kappa shape index (κ2) is 32.7. The molecular formula is C69H83N26O12+. The first-order valence-electron chi connectivity index (χ1n) is 33.5. The first-order chi connectivity index (χ1) is 50.8. The number of hydrogen-bond acceptors (Lipinski definition) is 15. The van der Waals surface area contributed by atoms with Crippen LogP contribution >= 0.6 is 0 Å². The standard InChI is InChI=1S/C69H82N26O12/c1-85(2)21-14-18-70-55(96)16-19-73-61(99)47-24-40(31-88(47)5)75-63(101)49-25-41(32-89(49)6)76-64(102)50-27-43(34-91(50)8)78-65(103)51-28-44(35-92(51)9)79-68(106)58-82-53(37-94(58)11)81-56(97)15-13-17-72-60(98)46-23-39(30-87(46)4)74-62(100)48-26-42(33-90(48)7)77-66(104)52-29-45(36-93(52)10)80-69(107)59-83-54(38-95(59)12)84-67(105)57-71-20-22-86(57)3/h20,22-38H,13-19,21H2,1-12H3,(H,70,96)(H,72,98)(H,73,99)(H,74,100)(H,75,101)(H,76,102)(H,77,104)(H,78,103)(H,79,106)(H,80,107)(H,81,97)(H,84,105)/p+1. The lowest BCUT2D eigenvalue weighted by Gasteiger charge is -2.09. The van der Waals surface area contributed by atoms with Gasteiger partial charge in [-0.3, -0.25) is 57.5 Å². The Morgan fingerprint density at radius 3 is 0.953 bits per heavy atom. The number of carbonyl (C=O) groups is 12. The van der Waals surface area contributed by atoms with Gasteiger partial charge >= 0.3 is 0 Å². The molecule has 0 aliphatic rings. The molecule has 560 valence electrons. The molecule has 10 aromatic rings. The third-order valence-electron chi connectivity index (χ3n) is 16.8. The van der Waals surface area contributed by atoms with Gasteiger partial charge in [-0.05, 0) is 48.9 Å². The molecule has 0 aliphatic carbocycles. The Kier molecular flexibility index (Phi) is 23.2. The van der Waals surface area contributed by atoms with Crippen LogP contribution in [-0.4, -0.2) is 172 Å². The van der Waals surface area contributed by atoms with Crippen molar-refractivity contribution in [3.05, 3.63) is 168 Å². The van der Waals surface area contributed by atoms with Crippen molar-refractivity contribution in [2.75, 3.05) is 88.1 Å². The minimum absolute atomic E-state index is 0.0148. The number of hydrogen-bond donors (Lipinski definition) is 13. The third-order valence-corrected chi connectivity index (χ3v) is 16.8. The van der Waals surface area contributed by atoms with Gasteiger partial charge in [0.2, 0.25) is 23.5 Å². The van der Waals surface area contributed by atoms with Crippen LogP contribution in [0.3, 0.4) is 0 Å². The Balaban J connectivity index is 0.631. The molecule has 0 saturated heterocycles. The maximum absolute atomic E-state index is 13.6. The summed E-state index contributed by atoms with van der Waals surface area (Å²) < 4.78 is 15.0. The fourth-order valence-electron chi connectivity index (χ4n) is 11.5. The number of aromatic nitrogens is 13. The van der Waals surface area contributed by atoms with Crippen LogP contribution in [0.5, 0.6) is 0 Å². The van der Waals surface area contributed by atoms with E-state index in [1.807, 2.05) is 14.1 Å². The van der Waals surface area contributed by atoms with Crippen LogP contribution < -0.4 is 68.7 Å². The van der Waals surface area contributed by atoms with Gasteiger partial charge < -0.3 is 114 Å². The van der Waals surface area contributed by atoms with E-state index in [1.54, 1.807) is 106 Å². The smallest absolute Gasteiger partial charge is 0.292 e. The molecule has 38 heteroatoms. The van der Waals surface area contributed by atoms with Crippen molar-refractivity contribution in [2.24, 2.45) is 70.5 Å². The van der Waals surface area contributed by atoms with E-state index in [0.29, 0.717) is 29.3 Å². The van der Waals surface area contributed by atoms with Gasteiger partial charge in [0.1, 0.15) is 39.9 Å². The van der Waals surface area contributed by atoms with Gasteiger partial charge in [-0.25, -0.2) is 15.0 Å². The van der Waals surface area contributed by atoms with Gasteiger partial charge in [0.15, 0.2) is 17.5 Å². The van der Waals surface area contributed by atoms with Crippen LogP contribution in [0.4, 0.5) is 51.4 Å². The van der Waals surface area contributed by atoms with Crippen LogP contribution in [0, 0.1) is 0 Å². The van der Waals surface area contributed by atoms with Gasteiger partial charge in [-0.15, -0.1) is 0 Å². The maximum atomic E-state index is 13.6. The lowest BCUT2D eigenvalue weighted by molar-refractivity contribution is -0.858. The summed E-state index contributed by atoms with van der Waals surface area (Å²) in [5.41, 5.74) is 3.39. The van der Waals surface area contributed by atoms with Crippen LogP contribution in [0.2, 0.25) is 0 Å². The molecule has 0 aliphatic heterocycles. The molecule has 38 nitrogen and oxygen atoms in total. The predicted octanol–water partition coefficient (Wildman–Crippen LogP) is 2.19. The van der Waals surface area contributed by atoms with Gasteiger partial charge in [0.25, 0.3) is 59.1 Å². The predicted molar refractivity (Wildman–Crippen MR) is 394 cm³/mol. The SMILES string of the molecule is Cn1cc(NC(=O)c2cc(NC(=O)c3cc(NC(=O)c4nc(NC(=O)c5nccn5C)cn4C)cn3C)cn2C)cc1C(=O)NCCCC(=O)Nc1cn(C)c(C(=O)Nc2cc(C(=O)Nc3cc(C(=O)Nc4cc(C(=O)Nc5cc(C(=O)NCCC(=O)NCCC[NH+](C)C)n(C)c5)n(C)c4)n(C)c3)n(C)c2)n1. The molecule has 0 spiro atoms. The molecule has 13 N–H and O–H groups in total. The molecule has 0 fully saturated rings. The van der Waals surface area contributed by atoms with Crippen molar-refractivity contribution >= 4 is 122 Å². The molecule has 10 rings (SSSR count). The molecule has 0 atom stereocenters. The molecule has 0 aromatic carbocycles. The summed E-state index contributed by atoms with van der Waals surface area (Å²) in [5.74, 6) is -5.69. The number of quaternary nitrogens is 1. The summed E-state index contributed by atoms with van der Waals surface area (Å²) in [6.07, 6.45) is 18.0. The van der Waals surface area contributed by atoms with Crippen LogP contribution in [0.1, 0.15) is 131 Å². The molecule has 0 unspecified atom stereocenters. The number of nitrogens with zero attached hydrogens (tertiary/aromatic N) is 13. The zero-order valence-electron chi connectivity index (χ0n) is 60.8. The zero-order chi connectivity index (χ0) is 77.2. The van der Waals surface area contributed by atoms with Crippen molar-refractivity contribution in [1.82, 2.24) is 76.6 Å². The topological polar surface area (TPSA) is 442 Å². The van der Waals surface area contributed by atoms with E-state index in [9.17, 15) is 57.5 Å². The van der Waals surface area contributed by atoms with Gasteiger partial charge in [0, 0.05) is 178 Å². The average molecular weight is 1470 g/mol.